The molecule has 0 aliphatic heterocycles. The molecule has 0 heterocycles. The van der Waals surface area contributed by atoms with Gasteiger partial charge in [-0.15, -0.1) is 0 Å². The van der Waals surface area contributed by atoms with E-state index < -0.39 is 0 Å². The van der Waals surface area contributed by atoms with Gasteiger partial charge in [-0.3, -0.25) is 9.79 Å². The molecule has 0 aliphatic carbocycles. The Labute approximate surface area is 89.5 Å². The number of benzene rings is 1. The van der Waals surface area contributed by atoms with E-state index in [2.05, 4.69) is 10.3 Å². The number of nitrogens with zero attached hydrogens (tertiary/aromatic N) is 1. The van der Waals surface area contributed by atoms with Gasteiger partial charge in [0.2, 0.25) is 0 Å². The number of aliphatic imine (C=N–C) groups is 1. The van der Waals surface area contributed by atoms with E-state index in [4.69, 9.17) is 0 Å². The number of amides is 1. The second-order valence-corrected chi connectivity index (χ2v) is 2.88. The van der Waals surface area contributed by atoms with Crippen LogP contribution < -0.4 is 5.32 Å². The van der Waals surface area contributed by atoms with Crippen LogP contribution in [0.5, 0.6) is 0 Å². The van der Waals surface area contributed by atoms with E-state index in [9.17, 15) is 4.79 Å². The summed E-state index contributed by atoms with van der Waals surface area (Å²) < 4.78 is 0. The summed E-state index contributed by atoms with van der Waals surface area (Å²) >= 11 is 0. The molecule has 1 N–H and O–H groups in total. The van der Waals surface area contributed by atoms with Crippen molar-refractivity contribution in [2.75, 3.05) is 5.32 Å². The number of hydrogen-bond acceptors (Lipinski definition) is 2. The number of allylic oxidation sites excluding steroid dienone is 1. The molecule has 1 rings (SSSR count). The first-order chi connectivity index (χ1) is 7.27. The molecule has 3 heteroatoms. The van der Waals surface area contributed by atoms with E-state index in [-0.39, 0.29) is 5.91 Å². The summed E-state index contributed by atoms with van der Waals surface area (Å²) in [6.45, 7) is 3.56. The van der Waals surface area contributed by atoms with Gasteiger partial charge in [0, 0.05) is 11.9 Å². The van der Waals surface area contributed by atoms with Crippen LogP contribution in [0.2, 0.25) is 0 Å². The molecule has 15 heavy (non-hydrogen) atoms. The number of anilines is 1. The zero-order valence-corrected chi connectivity index (χ0v) is 8.90. The maximum absolute atomic E-state index is 11.6. The average molecular weight is 202 g/mol. The number of rotatable bonds is 3. The lowest BCUT2D eigenvalue weighted by Gasteiger charge is -2.04. The van der Waals surface area contributed by atoms with Gasteiger partial charge in [-0.25, -0.2) is 0 Å². The Kier molecular flexibility index (Phi) is 4.29. The van der Waals surface area contributed by atoms with Crippen molar-refractivity contribution >= 4 is 17.8 Å². The highest BCUT2D eigenvalue weighted by atomic mass is 16.2. The average Bonchev–Trinajstić information content (AvgIpc) is 2.27. The van der Waals surface area contributed by atoms with Crippen LogP contribution in [0, 0.1) is 0 Å². The van der Waals surface area contributed by atoms with Gasteiger partial charge in [0.05, 0.1) is 0 Å². The van der Waals surface area contributed by atoms with Gasteiger partial charge < -0.3 is 5.32 Å². The SMILES string of the molecule is CC=N/C(=C\C)C(=O)Nc1ccccc1. The lowest BCUT2D eigenvalue weighted by Crippen LogP contribution is -2.13. The van der Waals surface area contributed by atoms with E-state index in [0.29, 0.717) is 5.70 Å². The molecule has 0 atom stereocenters. The first kappa shape index (κ1) is 11.2. The van der Waals surface area contributed by atoms with Crippen molar-refractivity contribution in [3.63, 3.8) is 0 Å². The molecule has 0 saturated carbocycles. The number of carbonyl (C=O) groups is 1. The summed E-state index contributed by atoms with van der Waals surface area (Å²) in [7, 11) is 0. The Morgan fingerprint density at radius 3 is 2.47 bits per heavy atom. The quantitative estimate of drug-likeness (QED) is 0.594. The molecule has 0 bridgehead atoms. The lowest BCUT2D eigenvalue weighted by atomic mass is 10.3. The first-order valence-corrected chi connectivity index (χ1v) is 4.79. The molecule has 0 unspecified atom stereocenters. The van der Waals surface area contributed by atoms with Crippen LogP contribution in [-0.2, 0) is 4.79 Å². The van der Waals surface area contributed by atoms with Crippen LogP contribution in [0.25, 0.3) is 0 Å². The highest BCUT2D eigenvalue weighted by molar-refractivity contribution is 6.04. The van der Waals surface area contributed by atoms with Gasteiger partial charge in [0.15, 0.2) is 0 Å². The minimum Gasteiger partial charge on any atom is -0.321 e. The van der Waals surface area contributed by atoms with Crippen molar-refractivity contribution in [1.82, 2.24) is 0 Å². The summed E-state index contributed by atoms with van der Waals surface area (Å²) in [5.74, 6) is -0.193. The molecule has 3 nitrogen and oxygen atoms in total. The Bertz CT molecular complexity index is 380. The van der Waals surface area contributed by atoms with Gasteiger partial charge in [-0.05, 0) is 26.0 Å². The fourth-order valence-corrected chi connectivity index (χ4v) is 1.12. The molecule has 78 valence electrons. The molecule has 0 saturated heterocycles. The van der Waals surface area contributed by atoms with Gasteiger partial charge in [0.1, 0.15) is 5.70 Å². The molecule has 1 amide bonds. The first-order valence-electron chi connectivity index (χ1n) is 4.79. The highest BCUT2D eigenvalue weighted by Crippen LogP contribution is 2.07. The van der Waals surface area contributed by atoms with Crippen molar-refractivity contribution in [1.29, 1.82) is 0 Å². The van der Waals surface area contributed by atoms with Gasteiger partial charge in [-0.1, -0.05) is 24.3 Å². The van der Waals surface area contributed by atoms with Crippen molar-refractivity contribution in [2.24, 2.45) is 4.99 Å². The zero-order valence-electron chi connectivity index (χ0n) is 8.90. The molecule has 1 aromatic carbocycles. The summed E-state index contributed by atoms with van der Waals surface area (Å²) in [6, 6.07) is 9.31. The van der Waals surface area contributed by atoms with E-state index in [1.807, 2.05) is 30.3 Å². The Hall–Kier alpha value is -1.90. The highest BCUT2D eigenvalue weighted by Gasteiger charge is 2.05. The normalized spacial score (nSPS) is 11.7. The molecule has 0 spiro atoms. The van der Waals surface area contributed by atoms with E-state index in [0.717, 1.165) is 5.69 Å². The molecule has 1 aromatic rings. The number of hydrogen-bond donors (Lipinski definition) is 1. The molecule has 0 aromatic heterocycles. The maximum Gasteiger partial charge on any atom is 0.273 e. The minimum absolute atomic E-state index is 0.193. The molecule has 0 aliphatic rings. The summed E-state index contributed by atoms with van der Waals surface area (Å²) in [5, 5.41) is 2.76. The van der Waals surface area contributed by atoms with Crippen molar-refractivity contribution in [2.45, 2.75) is 13.8 Å². The Morgan fingerprint density at radius 1 is 1.27 bits per heavy atom. The van der Waals surface area contributed by atoms with E-state index in [1.165, 1.54) is 0 Å². The summed E-state index contributed by atoms with van der Waals surface area (Å²) in [4.78, 5) is 15.6. The van der Waals surface area contributed by atoms with Crippen LogP contribution in [0.1, 0.15) is 13.8 Å². The topological polar surface area (TPSA) is 41.5 Å². The largest absolute Gasteiger partial charge is 0.321 e. The third-order valence-corrected chi connectivity index (χ3v) is 1.81. The third-order valence-electron chi connectivity index (χ3n) is 1.81. The monoisotopic (exact) mass is 202 g/mol. The zero-order chi connectivity index (χ0) is 11.1. The third kappa shape index (κ3) is 3.38. The second kappa shape index (κ2) is 5.75. The smallest absolute Gasteiger partial charge is 0.273 e. The predicted molar refractivity (Wildman–Crippen MR) is 63.0 cm³/mol. The van der Waals surface area contributed by atoms with E-state index in [1.54, 1.807) is 26.1 Å². The molecule has 0 radical (unpaired) electrons. The van der Waals surface area contributed by atoms with Crippen molar-refractivity contribution in [3.8, 4) is 0 Å². The van der Waals surface area contributed by atoms with Crippen LogP contribution >= 0.6 is 0 Å². The van der Waals surface area contributed by atoms with Crippen LogP contribution in [-0.4, -0.2) is 12.1 Å². The van der Waals surface area contributed by atoms with Gasteiger partial charge in [-0.2, -0.15) is 0 Å². The minimum atomic E-state index is -0.193. The van der Waals surface area contributed by atoms with Crippen LogP contribution in [0.15, 0.2) is 47.1 Å². The van der Waals surface area contributed by atoms with E-state index >= 15 is 0 Å². The molecular weight excluding hydrogens is 188 g/mol. The fraction of sp³-hybridized carbons (Fsp3) is 0.167. The number of nitrogens with one attached hydrogen (secondary N) is 1. The van der Waals surface area contributed by atoms with Gasteiger partial charge in [0.25, 0.3) is 5.91 Å². The van der Waals surface area contributed by atoms with Crippen molar-refractivity contribution in [3.05, 3.63) is 42.1 Å². The summed E-state index contributed by atoms with van der Waals surface area (Å²) in [5.41, 5.74) is 1.19. The predicted octanol–water partition coefficient (Wildman–Crippen LogP) is 2.62. The van der Waals surface area contributed by atoms with Crippen molar-refractivity contribution < 1.29 is 4.79 Å². The van der Waals surface area contributed by atoms with Gasteiger partial charge >= 0.3 is 0 Å². The lowest BCUT2D eigenvalue weighted by molar-refractivity contribution is -0.112. The Balaban J connectivity index is 2.71. The fourth-order valence-electron chi connectivity index (χ4n) is 1.12. The Morgan fingerprint density at radius 2 is 1.93 bits per heavy atom. The molecule has 0 fully saturated rings. The molecular formula is C12H14N2O. The number of para-hydroxylation sites is 1. The van der Waals surface area contributed by atoms with Crippen LogP contribution in [0.4, 0.5) is 5.69 Å². The maximum atomic E-state index is 11.6. The second-order valence-electron chi connectivity index (χ2n) is 2.88. The van der Waals surface area contributed by atoms with Crippen LogP contribution in [0.3, 0.4) is 0 Å². The number of carbonyl (C=O) groups excluding carboxylic acids is 1. The standard InChI is InChI=1S/C12H14N2O/c1-3-11(13-4-2)12(15)14-10-8-6-5-7-9-10/h3-9H,1-2H3,(H,14,15)/b11-3-,13-4?. The summed E-state index contributed by atoms with van der Waals surface area (Å²) in [6.07, 6.45) is 3.28.